The lowest BCUT2D eigenvalue weighted by Crippen LogP contribution is -2.29. The van der Waals surface area contributed by atoms with Crippen LogP contribution >= 0.6 is 0 Å². The Morgan fingerprint density at radius 2 is 2.43 bits per heavy atom. The Morgan fingerprint density at radius 3 is 3.07 bits per heavy atom. The van der Waals surface area contributed by atoms with Crippen molar-refractivity contribution in [3.8, 4) is 0 Å². The Bertz CT molecular complexity index is 277. The van der Waals surface area contributed by atoms with Gasteiger partial charge in [0.05, 0.1) is 5.69 Å². The van der Waals surface area contributed by atoms with Crippen LogP contribution in [0.4, 0.5) is 5.82 Å². The van der Waals surface area contributed by atoms with Gasteiger partial charge in [0, 0.05) is 12.6 Å². The van der Waals surface area contributed by atoms with E-state index in [9.17, 15) is 0 Å². The van der Waals surface area contributed by atoms with Gasteiger partial charge in [0.2, 0.25) is 0 Å². The van der Waals surface area contributed by atoms with Crippen molar-refractivity contribution in [3.63, 3.8) is 0 Å². The van der Waals surface area contributed by atoms with Crippen LogP contribution in [-0.2, 0) is 0 Å². The summed E-state index contributed by atoms with van der Waals surface area (Å²) in [5, 5.41) is 14.7. The van der Waals surface area contributed by atoms with Crippen LogP contribution in [0.5, 0.6) is 0 Å². The summed E-state index contributed by atoms with van der Waals surface area (Å²) in [5.74, 6) is 0.865. The van der Waals surface area contributed by atoms with E-state index in [1.54, 1.807) is 0 Å². The summed E-state index contributed by atoms with van der Waals surface area (Å²) in [5.41, 5.74) is 0.953. The normalized spacial score (nSPS) is 21.1. The van der Waals surface area contributed by atoms with Crippen molar-refractivity contribution in [1.29, 1.82) is 0 Å². The van der Waals surface area contributed by atoms with E-state index in [1.165, 1.54) is 12.8 Å². The maximum atomic E-state index is 4.05. The van der Waals surface area contributed by atoms with Crippen LogP contribution in [0.15, 0.2) is 12.1 Å². The van der Waals surface area contributed by atoms with Crippen molar-refractivity contribution in [2.45, 2.75) is 25.8 Å². The van der Waals surface area contributed by atoms with E-state index in [1.807, 2.05) is 19.1 Å². The third-order valence-electron chi connectivity index (χ3n) is 2.49. The van der Waals surface area contributed by atoms with Crippen LogP contribution in [0.3, 0.4) is 0 Å². The van der Waals surface area contributed by atoms with E-state index < -0.39 is 0 Å². The Hall–Kier alpha value is -1.16. The Balaban J connectivity index is 1.82. The lowest BCUT2D eigenvalue weighted by Gasteiger charge is -2.11. The van der Waals surface area contributed by atoms with E-state index in [2.05, 4.69) is 20.8 Å². The SMILES string of the molecule is Cc1ccc(NCC2CCCN2)nn1. The Morgan fingerprint density at radius 1 is 1.50 bits per heavy atom. The molecule has 2 heterocycles. The Kier molecular flexibility index (Phi) is 2.93. The van der Waals surface area contributed by atoms with Crippen molar-refractivity contribution < 1.29 is 0 Å². The quantitative estimate of drug-likeness (QED) is 0.748. The summed E-state index contributed by atoms with van der Waals surface area (Å²) in [4.78, 5) is 0. The molecule has 1 saturated heterocycles. The van der Waals surface area contributed by atoms with Gasteiger partial charge in [0.1, 0.15) is 5.82 Å². The maximum Gasteiger partial charge on any atom is 0.148 e. The van der Waals surface area contributed by atoms with Gasteiger partial charge in [0.25, 0.3) is 0 Å². The molecule has 0 saturated carbocycles. The van der Waals surface area contributed by atoms with Crippen LogP contribution in [0.25, 0.3) is 0 Å². The summed E-state index contributed by atoms with van der Waals surface area (Å²) >= 11 is 0. The molecule has 0 spiro atoms. The van der Waals surface area contributed by atoms with E-state index in [4.69, 9.17) is 0 Å². The van der Waals surface area contributed by atoms with E-state index in [0.717, 1.165) is 24.6 Å². The highest BCUT2D eigenvalue weighted by Gasteiger charge is 2.13. The second-order valence-electron chi connectivity index (χ2n) is 3.73. The number of aryl methyl sites for hydroxylation is 1. The second-order valence-corrected chi connectivity index (χ2v) is 3.73. The van der Waals surface area contributed by atoms with Gasteiger partial charge in [-0.2, -0.15) is 5.10 Å². The van der Waals surface area contributed by atoms with Gasteiger partial charge in [-0.3, -0.25) is 0 Å². The molecule has 0 radical (unpaired) electrons. The zero-order chi connectivity index (χ0) is 9.80. The molecule has 2 N–H and O–H groups in total. The van der Waals surface area contributed by atoms with E-state index in [-0.39, 0.29) is 0 Å². The van der Waals surface area contributed by atoms with Gasteiger partial charge in [0.15, 0.2) is 0 Å². The molecule has 1 aromatic heterocycles. The molecule has 1 fully saturated rings. The predicted octanol–water partition coefficient (Wildman–Crippen LogP) is 0.949. The average molecular weight is 192 g/mol. The van der Waals surface area contributed by atoms with E-state index >= 15 is 0 Å². The molecule has 1 aromatic rings. The van der Waals surface area contributed by atoms with Gasteiger partial charge in [-0.1, -0.05) is 0 Å². The number of aromatic nitrogens is 2. The average Bonchev–Trinajstić information content (AvgIpc) is 2.70. The van der Waals surface area contributed by atoms with Crippen LogP contribution in [0, 0.1) is 6.92 Å². The molecule has 1 unspecified atom stereocenters. The highest BCUT2D eigenvalue weighted by molar-refractivity contribution is 5.32. The molecule has 0 bridgehead atoms. The smallest absolute Gasteiger partial charge is 0.148 e. The zero-order valence-electron chi connectivity index (χ0n) is 8.45. The number of hydrogen-bond acceptors (Lipinski definition) is 4. The van der Waals surface area contributed by atoms with Crippen LogP contribution < -0.4 is 10.6 Å². The molecule has 2 rings (SSSR count). The van der Waals surface area contributed by atoms with Gasteiger partial charge < -0.3 is 10.6 Å². The number of anilines is 1. The molecular formula is C10H16N4. The summed E-state index contributed by atoms with van der Waals surface area (Å²) in [6.07, 6.45) is 2.54. The first-order valence-corrected chi connectivity index (χ1v) is 5.12. The summed E-state index contributed by atoms with van der Waals surface area (Å²) in [7, 11) is 0. The first kappa shape index (κ1) is 9.40. The summed E-state index contributed by atoms with van der Waals surface area (Å²) in [6, 6.07) is 4.53. The van der Waals surface area contributed by atoms with Crippen molar-refractivity contribution in [3.05, 3.63) is 17.8 Å². The molecule has 0 aliphatic carbocycles. The van der Waals surface area contributed by atoms with Crippen molar-refractivity contribution in [1.82, 2.24) is 15.5 Å². The monoisotopic (exact) mass is 192 g/mol. The molecular weight excluding hydrogens is 176 g/mol. The van der Waals surface area contributed by atoms with Crippen molar-refractivity contribution in [2.24, 2.45) is 0 Å². The fourth-order valence-corrected chi connectivity index (χ4v) is 1.65. The van der Waals surface area contributed by atoms with Gasteiger partial charge >= 0.3 is 0 Å². The Labute approximate surface area is 84.1 Å². The van der Waals surface area contributed by atoms with Crippen molar-refractivity contribution >= 4 is 5.82 Å². The lowest BCUT2D eigenvalue weighted by molar-refractivity contribution is 0.632. The molecule has 1 atom stereocenters. The minimum absolute atomic E-state index is 0.595. The van der Waals surface area contributed by atoms with Crippen LogP contribution in [0.2, 0.25) is 0 Å². The minimum Gasteiger partial charge on any atom is -0.367 e. The zero-order valence-corrected chi connectivity index (χ0v) is 8.45. The third kappa shape index (κ3) is 2.42. The van der Waals surface area contributed by atoms with Crippen LogP contribution in [-0.4, -0.2) is 29.3 Å². The second kappa shape index (κ2) is 4.37. The third-order valence-corrected chi connectivity index (χ3v) is 2.49. The van der Waals surface area contributed by atoms with Crippen LogP contribution in [0.1, 0.15) is 18.5 Å². The summed E-state index contributed by atoms with van der Waals surface area (Å²) in [6.45, 7) is 4.03. The molecule has 1 aliphatic rings. The predicted molar refractivity (Wildman–Crippen MR) is 56.3 cm³/mol. The van der Waals surface area contributed by atoms with Gasteiger partial charge in [-0.05, 0) is 38.4 Å². The summed E-state index contributed by atoms with van der Waals surface area (Å²) < 4.78 is 0. The largest absolute Gasteiger partial charge is 0.367 e. The minimum atomic E-state index is 0.595. The van der Waals surface area contributed by atoms with Crippen molar-refractivity contribution in [2.75, 3.05) is 18.4 Å². The highest BCUT2D eigenvalue weighted by atomic mass is 15.2. The standard InChI is InChI=1S/C10H16N4/c1-8-4-5-10(14-13-8)12-7-9-3-2-6-11-9/h4-5,9,11H,2-3,6-7H2,1H3,(H,12,14). The molecule has 1 aliphatic heterocycles. The van der Waals surface area contributed by atoms with E-state index in [0.29, 0.717) is 6.04 Å². The topological polar surface area (TPSA) is 49.8 Å². The lowest BCUT2D eigenvalue weighted by atomic mass is 10.2. The molecule has 4 nitrogen and oxygen atoms in total. The van der Waals surface area contributed by atoms with Gasteiger partial charge in [-0.15, -0.1) is 5.10 Å². The molecule has 76 valence electrons. The molecule has 0 aromatic carbocycles. The molecule has 0 amide bonds. The number of nitrogens with one attached hydrogen (secondary N) is 2. The fraction of sp³-hybridized carbons (Fsp3) is 0.600. The molecule has 4 heteroatoms. The number of nitrogens with zero attached hydrogens (tertiary/aromatic N) is 2. The number of hydrogen-bond donors (Lipinski definition) is 2. The molecule has 14 heavy (non-hydrogen) atoms. The maximum absolute atomic E-state index is 4.05. The number of rotatable bonds is 3. The first-order valence-electron chi connectivity index (χ1n) is 5.12. The highest BCUT2D eigenvalue weighted by Crippen LogP contribution is 2.06. The van der Waals surface area contributed by atoms with Gasteiger partial charge in [-0.25, -0.2) is 0 Å². The fourth-order valence-electron chi connectivity index (χ4n) is 1.65. The first-order chi connectivity index (χ1) is 6.84.